The average Bonchev–Trinajstić information content (AvgIpc) is 2.83. The van der Waals surface area contributed by atoms with Crippen molar-refractivity contribution in [3.05, 3.63) is 41.0 Å². The molecule has 5 heteroatoms. The topological polar surface area (TPSA) is 36.3 Å². The zero-order valence-electron chi connectivity index (χ0n) is 10.9. The minimum Gasteiger partial charge on any atom is -0.496 e. The fraction of sp³-hybridized carbons (Fsp3) is 0.357. The monoisotopic (exact) mass is 262 g/mol. The first-order chi connectivity index (χ1) is 9.22. The lowest BCUT2D eigenvalue weighted by Crippen LogP contribution is -2.14. The fourth-order valence-corrected chi connectivity index (χ4v) is 2.44. The van der Waals surface area contributed by atoms with Crippen molar-refractivity contribution >= 4 is 0 Å². The summed E-state index contributed by atoms with van der Waals surface area (Å²) in [6.07, 6.45) is 2.61. The van der Waals surface area contributed by atoms with E-state index in [1.54, 1.807) is 24.1 Å². The summed E-state index contributed by atoms with van der Waals surface area (Å²) in [6.45, 7) is 2.98. The van der Waals surface area contributed by atoms with Crippen LogP contribution in [-0.4, -0.2) is 23.5 Å². The van der Waals surface area contributed by atoms with E-state index in [9.17, 15) is 4.39 Å². The number of methoxy groups -OCH3 is 1. The number of hydrogen-bond acceptors (Lipinski definition) is 3. The van der Waals surface area contributed by atoms with E-state index in [2.05, 4.69) is 5.10 Å². The van der Waals surface area contributed by atoms with Crippen LogP contribution in [0, 0.1) is 12.7 Å². The molecule has 0 unspecified atom stereocenters. The van der Waals surface area contributed by atoms with Gasteiger partial charge in [0.25, 0.3) is 0 Å². The Kier molecular flexibility index (Phi) is 2.98. The second-order valence-electron chi connectivity index (χ2n) is 4.55. The molecule has 0 N–H and O–H groups in total. The third-order valence-corrected chi connectivity index (χ3v) is 3.47. The highest BCUT2D eigenvalue weighted by Crippen LogP contribution is 2.29. The Hall–Kier alpha value is -1.88. The number of rotatable bonds is 2. The third kappa shape index (κ3) is 1.90. The molecule has 1 aromatic heterocycles. The lowest BCUT2D eigenvalue weighted by Gasteiger charge is -2.17. The van der Waals surface area contributed by atoms with Crippen LogP contribution in [0.1, 0.15) is 16.8 Å². The van der Waals surface area contributed by atoms with Crippen LogP contribution in [-0.2, 0) is 17.8 Å². The zero-order valence-corrected chi connectivity index (χ0v) is 10.9. The average molecular weight is 262 g/mol. The first kappa shape index (κ1) is 12.2. The van der Waals surface area contributed by atoms with Crippen molar-refractivity contribution in [1.82, 2.24) is 9.78 Å². The normalized spacial score (nSPS) is 14.3. The standard InChI is InChI=1S/C14H15FN2O2/c1-9-13(18-2)4-3-11(15)14(9)17-12-8-19-6-5-10(12)7-16-17/h3-4,7H,5-6,8H2,1-2H3. The number of benzene rings is 1. The molecule has 0 amide bonds. The Labute approximate surface area is 110 Å². The van der Waals surface area contributed by atoms with Crippen LogP contribution in [0.15, 0.2) is 18.3 Å². The third-order valence-electron chi connectivity index (χ3n) is 3.47. The van der Waals surface area contributed by atoms with Crippen LogP contribution in [0.2, 0.25) is 0 Å². The molecule has 19 heavy (non-hydrogen) atoms. The van der Waals surface area contributed by atoms with E-state index in [0.29, 0.717) is 24.7 Å². The lowest BCUT2D eigenvalue weighted by atomic mass is 10.1. The first-order valence-corrected chi connectivity index (χ1v) is 6.19. The van der Waals surface area contributed by atoms with Crippen LogP contribution >= 0.6 is 0 Å². The summed E-state index contributed by atoms with van der Waals surface area (Å²) in [5.41, 5.74) is 3.21. The molecule has 3 rings (SSSR count). The molecular weight excluding hydrogens is 247 g/mol. The van der Waals surface area contributed by atoms with Crippen molar-refractivity contribution in [2.45, 2.75) is 20.0 Å². The Bertz CT molecular complexity index is 622. The highest BCUT2D eigenvalue weighted by atomic mass is 19.1. The summed E-state index contributed by atoms with van der Waals surface area (Å²) in [4.78, 5) is 0. The second kappa shape index (κ2) is 4.66. The van der Waals surface area contributed by atoms with Gasteiger partial charge < -0.3 is 9.47 Å². The maximum Gasteiger partial charge on any atom is 0.149 e. The Balaban J connectivity index is 2.19. The predicted molar refractivity (Wildman–Crippen MR) is 68.2 cm³/mol. The Morgan fingerprint density at radius 1 is 1.42 bits per heavy atom. The molecule has 4 nitrogen and oxygen atoms in total. The molecule has 0 spiro atoms. The maximum absolute atomic E-state index is 14.1. The number of halogens is 1. The number of hydrogen-bond donors (Lipinski definition) is 0. The van der Waals surface area contributed by atoms with Gasteiger partial charge >= 0.3 is 0 Å². The van der Waals surface area contributed by atoms with E-state index in [0.717, 1.165) is 23.2 Å². The van der Waals surface area contributed by atoms with Crippen molar-refractivity contribution in [1.29, 1.82) is 0 Å². The molecule has 2 heterocycles. The molecule has 2 aromatic rings. The summed E-state index contributed by atoms with van der Waals surface area (Å²) >= 11 is 0. The van der Waals surface area contributed by atoms with Crippen molar-refractivity contribution in [3.63, 3.8) is 0 Å². The summed E-state index contributed by atoms with van der Waals surface area (Å²) in [7, 11) is 1.58. The van der Waals surface area contributed by atoms with Crippen molar-refractivity contribution < 1.29 is 13.9 Å². The van der Waals surface area contributed by atoms with E-state index in [-0.39, 0.29) is 5.82 Å². The molecule has 1 aliphatic rings. The van der Waals surface area contributed by atoms with Crippen molar-refractivity contribution in [2.75, 3.05) is 13.7 Å². The second-order valence-corrected chi connectivity index (χ2v) is 4.55. The summed E-state index contributed by atoms with van der Waals surface area (Å²) < 4.78 is 26.5. The van der Waals surface area contributed by atoms with Crippen LogP contribution in [0.5, 0.6) is 5.75 Å². The number of nitrogens with zero attached hydrogens (tertiary/aromatic N) is 2. The molecule has 1 aromatic carbocycles. The van der Waals surface area contributed by atoms with Crippen LogP contribution in [0.3, 0.4) is 0 Å². The lowest BCUT2D eigenvalue weighted by molar-refractivity contribution is 0.106. The van der Waals surface area contributed by atoms with Crippen LogP contribution < -0.4 is 4.74 Å². The van der Waals surface area contributed by atoms with Crippen LogP contribution in [0.25, 0.3) is 5.69 Å². The van der Waals surface area contributed by atoms with E-state index in [1.807, 2.05) is 6.92 Å². The van der Waals surface area contributed by atoms with Gasteiger partial charge in [0.1, 0.15) is 17.3 Å². The van der Waals surface area contributed by atoms with Gasteiger partial charge in [-0.15, -0.1) is 0 Å². The molecule has 100 valence electrons. The molecule has 0 aliphatic carbocycles. The largest absolute Gasteiger partial charge is 0.496 e. The van der Waals surface area contributed by atoms with Gasteiger partial charge in [0.05, 0.1) is 32.2 Å². The van der Waals surface area contributed by atoms with Gasteiger partial charge in [-0.25, -0.2) is 9.07 Å². The Morgan fingerprint density at radius 2 is 2.26 bits per heavy atom. The zero-order chi connectivity index (χ0) is 13.4. The smallest absolute Gasteiger partial charge is 0.149 e. The van der Waals surface area contributed by atoms with E-state index in [1.165, 1.54) is 6.07 Å². The van der Waals surface area contributed by atoms with Crippen molar-refractivity contribution in [3.8, 4) is 11.4 Å². The quantitative estimate of drug-likeness (QED) is 0.833. The van der Waals surface area contributed by atoms with Gasteiger partial charge in [-0.2, -0.15) is 5.10 Å². The molecule has 0 bridgehead atoms. The van der Waals surface area contributed by atoms with Gasteiger partial charge in [-0.3, -0.25) is 0 Å². The van der Waals surface area contributed by atoms with Crippen molar-refractivity contribution in [2.24, 2.45) is 0 Å². The minimum absolute atomic E-state index is 0.310. The molecule has 0 radical (unpaired) electrons. The van der Waals surface area contributed by atoms with Gasteiger partial charge in [0.2, 0.25) is 0 Å². The number of aromatic nitrogens is 2. The number of fused-ring (bicyclic) bond motifs is 1. The predicted octanol–water partition coefficient (Wildman–Crippen LogP) is 2.40. The highest BCUT2D eigenvalue weighted by molar-refractivity contribution is 5.50. The van der Waals surface area contributed by atoms with E-state index >= 15 is 0 Å². The van der Waals surface area contributed by atoms with Crippen LogP contribution in [0.4, 0.5) is 4.39 Å². The summed E-state index contributed by atoms with van der Waals surface area (Å²) in [6, 6.07) is 3.03. The maximum atomic E-state index is 14.1. The summed E-state index contributed by atoms with van der Waals surface area (Å²) in [5, 5.41) is 4.31. The van der Waals surface area contributed by atoms with Gasteiger partial charge in [-0.1, -0.05) is 0 Å². The van der Waals surface area contributed by atoms with Gasteiger partial charge in [0.15, 0.2) is 0 Å². The SMILES string of the molecule is COc1ccc(F)c(-n2ncc3c2COCC3)c1C. The van der Waals surface area contributed by atoms with Gasteiger partial charge in [-0.05, 0) is 31.0 Å². The molecule has 1 aliphatic heterocycles. The molecule has 0 atom stereocenters. The molecule has 0 saturated carbocycles. The van der Waals surface area contributed by atoms with Gasteiger partial charge in [0, 0.05) is 5.56 Å². The highest BCUT2D eigenvalue weighted by Gasteiger charge is 2.21. The Morgan fingerprint density at radius 3 is 3.05 bits per heavy atom. The first-order valence-electron chi connectivity index (χ1n) is 6.19. The molecular formula is C14H15FN2O2. The minimum atomic E-state index is -0.310. The summed E-state index contributed by atoms with van der Waals surface area (Å²) in [5.74, 6) is 0.340. The fourth-order valence-electron chi connectivity index (χ4n) is 2.44. The molecule has 0 fully saturated rings. The molecule has 0 saturated heterocycles. The number of ether oxygens (including phenoxy) is 2. The van der Waals surface area contributed by atoms with E-state index in [4.69, 9.17) is 9.47 Å². The van der Waals surface area contributed by atoms with E-state index < -0.39 is 0 Å².